The molecule has 0 rings (SSSR count). The first-order chi connectivity index (χ1) is 6.25. The summed E-state index contributed by atoms with van der Waals surface area (Å²) in [5, 5.41) is 6.83. The van der Waals surface area contributed by atoms with Crippen LogP contribution < -0.4 is 10.2 Å². The van der Waals surface area contributed by atoms with E-state index in [9.17, 15) is 0 Å². The van der Waals surface area contributed by atoms with Crippen LogP contribution in [0.25, 0.3) is 0 Å². The van der Waals surface area contributed by atoms with Gasteiger partial charge in [0.1, 0.15) is 6.56 Å². The van der Waals surface area contributed by atoms with Gasteiger partial charge in [-0.05, 0) is 41.5 Å². The van der Waals surface area contributed by atoms with Crippen LogP contribution >= 0.6 is 18.8 Å². The predicted octanol–water partition coefficient (Wildman–Crippen LogP) is 3.27. The SMILES string of the molecule is CC(C)N=P(S)(NC(C)C)NC(C)C. The molecule has 0 fully saturated rings. The van der Waals surface area contributed by atoms with Crippen molar-refractivity contribution in [1.82, 2.24) is 10.2 Å². The molecule has 0 spiro atoms. The first-order valence-electron chi connectivity index (χ1n) is 5.15. The van der Waals surface area contributed by atoms with E-state index in [2.05, 4.69) is 68.7 Å². The zero-order chi connectivity index (χ0) is 11.4. The summed E-state index contributed by atoms with van der Waals surface area (Å²) in [4.78, 5) is 0. The number of rotatable bonds is 5. The molecule has 0 aliphatic heterocycles. The minimum atomic E-state index is -1.82. The normalized spacial score (nSPS) is 13.0. The fraction of sp³-hybridized carbons (Fsp3) is 1.00. The van der Waals surface area contributed by atoms with E-state index in [-0.39, 0.29) is 0 Å². The van der Waals surface area contributed by atoms with Crippen molar-refractivity contribution in [2.75, 3.05) is 0 Å². The summed E-state index contributed by atoms with van der Waals surface area (Å²) in [5.74, 6) is 0. The molecule has 0 amide bonds. The van der Waals surface area contributed by atoms with Crippen molar-refractivity contribution in [3.05, 3.63) is 0 Å². The molecular formula is C9H24N3PS. The molecule has 14 heavy (non-hydrogen) atoms. The fourth-order valence-electron chi connectivity index (χ4n) is 1.16. The molecular weight excluding hydrogens is 213 g/mol. The molecule has 0 saturated heterocycles. The summed E-state index contributed by atoms with van der Waals surface area (Å²) in [7, 11) is 0. The first kappa shape index (κ1) is 14.5. The molecule has 0 aromatic heterocycles. The van der Waals surface area contributed by atoms with E-state index >= 15 is 0 Å². The molecule has 86 valence electrons. The van der Waals surface area contributed by atoms with Gasteiger partial charge in [-0.1, -0.05) is 0 Å². The van der Waals surface area contributed by atoms with E-state index < -0.39 is 6.56 Å². The largest absolute Gasteiger partial charge is 0.262 e. The van der Waals surface area contributed by atoms with E-state index in [1.165, 1.54) is 0 Å². The lowest BCUT2D eigenvalue weighted by Crippen LogP contribution is -2.29. The molecule has 3 nitrogen and oxygen atoms in total. The van der Waals surface area contributed by atoms with Gasteiger partial charge in [-0.3, -0.25) is 14.9 Å². The van der Waals surface area contributed by atoms with Gasteiger partial charge in [-0.25, -0.2) is 0 Å². The Bertz CT molecular complexity index is 200. The number of nitrogens with one attached hydrogen (secondary N) is 2. The lowest BCUT2D eigenvalue weighted by molar-refractivity contribution is 0.705. The highest BCUT2D eigenvalue weighted by atomic mass is 32.7. The maximum atomic E-state index is 4.66. The Morgan fingerprint density at radius 2 is 1.29 bits per heavy atom. The molecule has 0 saturated carbocycles. The second-order valence-corrected chi connectivity index (χ2v) is 8.06. The highest BCUT2D eigenvalue weighted by Gasteiger charge is 2.16. The van der Waals surface area contributed by atoms with Crippen molar-refractivity contribution in [2.24, 2.45) is 4.74 Å². The average molecular weight is 237 g/mol. The van der Waals surface area contributed by atoms with Crippen LogP contribution in [0.4, 0.5) is 0 Å². The van der Waals surface area contributed by atoms with Crippen molar-refractivity contribution in [2.45, 2.75) is 59.7 Å². The van der Waals surface area contributed by atoms with Gasteiger partial charge in [0.25, 0.3) is 0 Å². The Hall–Kier alpha value is 0.500. The highest BCUT2D eigenvalue weighted by Crippen LogP contribution is 2.47. The van der Waals surface area contributed by atoms with Crippen LogP contribution in [0.15, 0.2) is 4.74 Å². The third-order valence-electron chi connectivity index (χ3n) is 1.27. The predicted molar refractivity (Wildman–Crippen MR) is 70.0 cm³/mol. The maximum absolute atomic E-state index is 4.66. The van der Waals surface area contributed by atoms with Crippen LogP contribution in [0.5, 0.6) is 0 Å². The number of hydrogen-bond acceptors (Lipinski definition) is 1. The number of nitrogens with zero attached hydrogens (tertiary/aromatic N) is 1. The summed E-state index contributed by atoms with van der Waals surface area (Å²) in [6, 6.07) is 1.10. The molecule has 0 aliphatic carbocycles. The smallest absolute Gasteiger partial charge is 0.145 e. The van der Waals surface area contributed by atoms with Gasteiger partial charge < -0.3 is 0 Å². The topological polar surface area (TPSA) is 36.4 Å². The minimum Gasteiger partial charge on any atom is -0.262 e. The molecule has 0 aromatic rings. The molecule has 0 atom stereocenters. The van der Waals surface area contributed by atoms with E-state index in [4.69, 9.17) is 0 Å². The quantitative estimate of drug-likeness (QED) is 0.507. The Morgan fingerprint density at radius 3 is 1.50 bits per heavy atom. The molecule has 0 aliphatic rings. The second kappa shape index (κ2) is 6.16. The molecule has 0 bridgehead atoms. The van der Waals surface area contributed by atoms with Gasteiger partial charge in [-0.2, -0.15) is 0 Å². The van der Waals surface area contributed by atoms with Crippen molar-refractivity contribution < 1.29 is 0 Å². The zero-order valence-corrected chi connectivity index (χ0v) is 11.9. The molecule has 0 aromatic carbocycles. The number of thiol groups is 1. The minimum absolute atomic E-state index is 0.304. The van der Waals surface area contributed by atoms with Crippen LogP contribution in [0, 0.1) is 0 Å². The zero-order valence-electron chi connectivity index (χ0n) is 10.1. The van der Waals surface area contributed by atoms with Crippen LogP contribution in [-0.4, -0.2) is 18.1 Å². The lowest BCUT2D eigenvalue weighted by Gasteiger charge is -2.27. The Balaban J connectivity index is 4.66. The van der Waals surface area contributed by atoms with Crippen molar-refractivity contribution in [1.29, 1.82) is 0 Å². The first-order valence-corrected chi connectivity index (χ1v) is 8.04. The summed E-state index contributed by atoms with van der Waals surface area (Å²) in [6.45, 7) is 10.8. The maximum Gasteiger partial charge on any atom is 0.145 e. The standard InChI is InChI=1S/C9H24N3PS/c1-7(2)10-13(14,11-8(3)4)12-9(5)6/h7-11,14H,1-6H3. The van der Waals surface area contributed by atoms with E-state index in [1.807, 2.05) is 0 Å². The van der Waals surface area contributed by atoms with Crippen LogP contribution in [-0.2, 0) is 0 Å². The van der Waals surface area contributed by atoms with Crippen LogP contribution in [0.3, 0.4) is 0 Å². The van der Waals surface area contributed by atoms with Crippen molar-refractivity contribution in [3.63, 3.8) is 0 Å². The molecule has 0 radical (unpaired) electrons. The Kier molecular flexibility index (Phi) is 6.38. The second-order valence-electron chi connectivity index (χ2n) is 4.38. The summed E-state index contributed by atoms with van der Waals surface area (Å²) >= 11 is 4.66. The molecule has 2 N–H and O–H groups in total. The van der Waals surface area contributed by atoms with Crippen molar-refractivity contribution >= 4 is 18.8 Å². The van der Waals surface area contributed by atoms with Gasteiger partial charge in [0.15, 0.2) is 0 Å². The summed E-state index contributed by atoms with van der Waals surface area (Å²) < 4.78 is 4.64. The Morgan fingerprint density at radius 1 is 0.929 bits per heavy atom. The summed E-state index contributed by atoms with van der Waals surface area (Å²) in [6.07, 6.45) is 0. The summed E-state index contributed by atoms with van der Waals surface area (Å²) in [5.41, 5.74) is 0. The van der Waals surface area contributed by atoms with Gasteiger partial charge in [0.05, 0.1) is 0 Å². The lowest BCUT2D eigenvalue weighted by atomic mass is 10.4. The number of hydrogen-bond donors (Lipinski definition) is 3. The molecule has 0 heterocycles. The van der Waals surface area contributed by atoms with Gasteiger partial charge in [0, 0.05) is 18.1 Å². The average Bonchev–Trinajstić information content (AvgIpc) is 1.76. The van der Waals surface area contributed by atoms with Crippen LogP contribution in [0.2, 0.25) is 0 Å². The molecule has 0 unspecified atom stereocenters. The van der Waals surface area contributed by atoms with E-state index in [0.717, 1.165) is 0 Å². The van der Waals surface area contributed by atoms with Gasteiger partial charge >= 0.3 is 0 Å². The van der Waals surface area contributed by atoms with Gasteiger partial charge in [0.2, 0.25) is 0 Å². The van der Waals surface area contributed by atoms with Crippen molar-refractivity contribution in [3.8, 4) is 0 Å². The third kappa shape index (κ3) is 6.88. The van der Waals surface area contributed by atoms with Gasteiger partial charge in [-0.15, -0.1) is 12.2 Å². The van der Waals surface area contributed by atoms with E-state index in [0.29, 0.717) is 18.1 Å². The van der Waals surface area contributed by atoms with E-state index in [1.54, 1.807) is 0 Å². The third-order valence-corrected chi connectivity index (χ3v) is 4.83. The molecule has 5 heteroatoms. The Labute approximate surface area is 93.8 Å². The fourth-order valence-corrected chi connectivity index (χ4v) is 5.48. The highest BCUT2D eigenvalue weighted by molar-refractivity contribution is 8.47. The van der Waals surface area contributed by atoms with Crippen LogP contribution in [0.1, 0.15) is 41.5 Å². The monoisotopic (exact) mass is 237 g/mol.